The molecule has 0 atom stereocenters. The quantitative estimate of drug-likeness (QED) is 0.805. The minimum absolute atomic E-state index is 0.165. The van der Waals surface area contributed by atoms with Gasteiger partial charge in [0.2, 0.25) is 0 Å². The Morgan fingerprint density at radius 3 is 2.08 bits per heavy atom. The summed E-state index contributed by atoms with van der Waals surface area (Å²) in [7, 11) is 2.61. The van der Waals surface area contributed by atoms with E-state index in [4.69, 9.17) is 14.7 Å². The molecule has 0 aliphatic carbocycles. The predicted octanol–water partition coefficient (Wildman–Crippen LogP) is 3.92. The summed E-state index contributed by atoms with van der Waals surface area (Å²) >= 11 is 0. The number of hydrogen-bond donors (Lipinski definition) is 1. The van der Waals surface area contributed by atoms with E-state index in [0.29, 0.717) is 18.8 Å². The maximum absolute atomic E-state index is 12.1. The first kappa shape index (κ1) is 22.6. The Morgan fingerprint density at radius 2 is 1.56 bits per heavy atom. The third-order valence-electron chi connectivity index (χ3n) is 2.97. The average molecular weight is 347 g/mol. The van der Waals surface area contributed by atoms with Crippen molar-refractivity contribution in [2.45, 2.75) is 27.4 Å². The summed E-state index contributed by atoms with van der Waals surface area (Å²) < 4.78 is 5.38. The van der Waals surface area contributed by atoms with Crippen LogP contribution in [0.25, 0.3) is 0 Å². The molecule has 0 bridgehead atoms. The van der Waals surface area contributed by atoms with Gasteiger partial charge in [-0.05, 0) is 36.8 Å². The van der Waals surface area contributed by atoms with E-state index < -0.39 is 0 Å². The highest BCUT2D eigenvalue weighted by Crippen LogP contribution is 2.13. The van der Waals surface area contributed by atoms with Gasteiger partial charge in [0, 0.05) is 19.7 Å². The van der Waals surface area contributed by atoms with Crippen molar-refractivity contribution in [3.05, 3.63) is 65.7 Å². The zero-order chi connectivity index (χ0) is 19.1. The first-order valence-electron chi connectivity index (χ1n) is 8.33. The van der Waals surface area contributed by atoms with Gasteiger partial charge in [0.05, 0.1) is 6.61 Å². The maximum atomic E-state index is 12.1. The van der Waals surface area contributed by atoms with Crippen LogP contribution in [0, 0.1) is 0 Å². The highest BCUT2D eigenvalue weighted by atomic mass is 16.7. The standard InChI is InChI=1S/C17H19NO3.C2H6.CH4O/c1-3-20-16-11-9-14(10-12-16)13-21-18(2)17(19)15-7-5-4-6-8-15;2*1-2/h4-12H,3,13H2,1-2H3;1-2H3;2H,1H3. The van der Waals surface area contributed by atoms with E-state index in [1.54, 1.807) is 19.2 Å². The molecule has 1 N–H and O–H groups in total. The van der Waals surface area contributed by atoms with E-state index in [1.165, 1.54) is 5.06 Å². The van der Waals surface area contributed by atoms with Crippen molar-refractivity contribution in [3.8, 4) is 5.75 Å². The number of carbonyl (C=O) groups is 1. The van der Waals surface area contributed by atoms with Gasteiger partial charge in [0.15, 0.2) is 0 Å². The molecule has 5 heteroatoms. The van der Waals surface area contributed by atoms with Crippen molar-refractivity contribution in [1.82, 2.24) is 5.06 Å². The summed E-state index contributed by atoms with van der Waals surface area (Å²) in [6, 6.07) is 16.7. The van der Waals surface area contributed by atoms with Crippen LogP contribution in [0.5, 0.6) is 5.75 Å². The summed E-state index contributed by atoms with van der Waals surface area (Å²) in [5, 5.41) is 8.26. The van der Waals surface area contributed by atoms with E-state index in [2.05, 4.69) is 0 Å². The van der Waals surface area contributed by atoms with Gasteiger partial charge in [0.25, 0.3) is 5.91 Å². The first-order chi connectivity index (χ1) is 12.2. The SMILES string of the molecule is CC.CCOc1ccc(CON(C)C(=O)c2ccccc2)cc1.CO. The molecule has 0 unspecified atom stereocenters. The van der Waals surface area contributed by atoms with Gasteiger partial charge >= 0.3 is 0 Å². The number of nitrogens with zero attached hydrogens (tertiary/aromatic N) is 1. The van der Waals surface area contributed by atoms with Crippen LogP contribution in [0.15, 0.2) is 54.6 Å². The molecular formula is C20H29NO4. The minimum Gasteiger partial charge on any atom is -0.494 e. The zero-order valence-electron chi connectivity index (χ0n) is 15.7. The van der Waals surface area contributed by atoms with Crippen LogP contribution in [0.2, 0.25) is 0 Å². The number of amides is 1. The average Bonchev–Trinajstić information content (AvgIpc) is 2.70. The van der Waals surface area contributed by atoms with Crippen LogP contribution in [0.4, 0.5) is 0 Å². The van der Waals surface area contributed by atoms with Crippen LogP contribution < -0.4 is 4.74 Å². The molecule has 0 heterocycles. The van der Waals surface area contributed by atoms with Crippen molar-refractivity contribution in [2.24, 2.45) is 0 Å². The number of hydrogen-bond acceptors (Lipinski definition) is 4. The third-order valence-corrected chi connectivity index (χ3v) is 2.97. The van der Waals surface area contributed by atoms with Crippen molar-refractivity contribution >= 4 is 5.91 Å². The number of rotatable bonds is 6. The number of carbonyl (C=O) groups excluding carboxylic acids is 1. The van der Waals surface area contributed by atoms with Crippen LogP contribution >= 0.6 is 0 Å². The Balaban J connectivity index is 0.00000134. The molecule has 138 valence electrons. The smallest absolute Gasteiger partial charge is 0.277 e. The van der Waals surface area contributed by atoms with Gasteiger partial charge < -0.3 is 9.84 Å². The molecule has 0 spiro atoms. The lowest BCUT2D eigenvalue weighted by atomic mass is 10.2. The summed E-state index contributed by atoms with van der Waals surface area (Å²) in [6.07, 6.45) is 0. The number of aliphatic hydroxyl groups excluding tert-OH is 1. The van der Waals surface area contributed by atoms with Gasteiger partial charge in [0.1, 0.15) is 12.4 Å². The van der Waals surface area contributed by atoms with Crippen LogP contribution in [0.3, 0.4) is 0 Å². The number of ether oxygens (including phenoxy) is 1. The Morgan fingerprint density at radius 1 is 1.00 bits per heavy atom. The number of aliphatic hydroxyl groups is 1. The molecule has 2 aromatic carbocycles. The van der Waals surface area contributed by atoms with E-state index in [9.17, 15) is 4.79 Å². The van der Waals surface area contributed by atoms with E-state index in [0.717, 1.165) is 18.4 Å². The maximum Gasteiger partial charge on any atom is 0.277 e. The van der Waals surface area contributed by atoms with Crippen LogP contribution in [0.1, 0.15) is 36.7 Å². The highest BCUT2D eigenvalue weighted by molar-refractivity contribution is 5.93. The van der Waals surface area contributed by atoms with Gasteiger partial charge in [-0.2, -0.15) is 0 Å². The molecule has 0 saturated heterocycles. The largest absolute Gasteiger partial charge is 0.494 e. The molecule has 5 nitrogen and oxygen atoms in total. The topological polar surface area (TPSA) is 59.0 Å². The number of benzene rings is 2. The fourth-order valence-corrected chi connectivity index (χ4v) is 1.84. The van der Waals surface area contributed by atoms with Gasteiger partial charge in [-0.1, -0.05) is 44.2 Å². The summed E-state index contributed by atoms with van der Waals surface area (Å²) in [5.74, 6) is 0.663. The molecule has 0 fully saturated rings. The highest BCUT2D eigenvalue weighted by Gasteiger charge is 2.11. The molecule has 0 radical (unpaired) electrons. The third kappa shape index (κ3) is 8.33. The Bertz CT molecular complexity index is 570. The Labute approximate surface area is 150 Å². The van der Waals surface area contributed by atoms with Crippen molar-refractivity contribution in [3.63, 3.8) is 0 Å². The second kappa shape index (κ2) is 14.0. The molecule has 0 aromatic heterocycles. The van der Waals surface area contributed by atoms with Crippen LogP contribution in [-0.2, 0) is 11.4 Å². The lowest BCUT2D eigenvalue weighted by molar-refractivity contribution is -0.116. The second-order valence-electron chi connectivity index (χ2n) is 4.52. The monoisotopic (exact) mass is 347 g/mol. The van der Waals surface area contributed by atoms with E-state index in [-0.39, 0.29) is 5.91 Å². The lowest BCUT2D eigenvalue weighted by Crippen LogP contribution is -2.26. The number of hydroxylamine groups is 2. The summed E-state index contributed by atoms with van der Waals surface area (Å²) in [5.41, 5.74) is 1.58. The van der Waals surface area contributed by atoms with Crippen molar-refractivity contribution < 1.29 is 19.5 Å². The Kier molecular flexibility index (Phi) is 12.7. The molecule has 2 aromatic rings. The molecule has 25 heavy (non-hydrogen) atoms. The van der Waals surface area contributed by atoms with Crippen molar-refractivity contribution in [1.29, 1.82) is 0 Å². The van der Waals surface area contributed by atoms with Gasteiger partial charge in [-0.25, -0.2) is 5.06 Å². The van der Waals surface area contributed by atoms with Crippen molar-refractivity contribution in [2.75, 3.05) is 20.8 Å². The molecule has 2 rings (SSSR count). The molecule has 0 saturated carbocycles. The molecule has 1 amide bonds. The van der Waals surface area contributed by atoms with E-state index in [1.807, 2.05) is 63.2 Å². The summed E-state index contributed by atoms with van der Waals surface area (Å²) in [6.45, 7) is 6.92. The lowest BCUT2D eigenvalue weighted by Gasteiger charge is -2.17. The normalized spacial score (nSPS) is 9.04. The zero-order valence-corrected chi connectivity index (χ0v) is 15.7. The summed E-state index contributed by atoms with van der Waals surface area (Å²) in [4.78, 5) is 17.6. The molecular weight excluding hydrogens is 318 g/mol. The molecule has 0 aliphatic heterocycles. The predicted molar refractivity (Wildman–Crippen MR) is 100 cm³/mol. The first-order valence-corrected chi connectivity index (χ1v) is 8.33. The minimum atomic E-state index is -0.165. The van der Waals surface area contributed by atoms with E-state index >= 15 is 0 Å². The Hall–Kier alpha value is -2.37. The van der Waals surface area contributed by atoms with Gasteiger partial charge in [-0.3, -0.25) is 9.63 Å². The van der Waals surface area contributed by atoms with Gasteiger partial charge in [-0.15, -0.1) is 0 Å². The van der Waals surface area contributed by atoms with Crippen LogP contribution in [-0.4, -0.2) is 36.8 Å². The fourth-order valence-electron chi connectivity index (χ4n) is 1.84. The molecule has 0 aliphatic rings. The second-order valence-corrected chi connectivity index (χ2v) is 4.52. The fraction of sp³-hybridized carbons (Fsp3) is 0.350.